The smallest absolute Gasteiger partial charge is 0.222 e. The summed E-state index contributed by atoms with van der Waals surface area (Å²) in [6.45, 7) is 2.64. The second-order valence-electron chi connectivity index (χ2n) is 5.24. The number of carbonyl (C=O) groups excluding carboxylic acids is 1. The van der Waals surface area contributed by atoms with E-state index in [1.54, 1.807) is 0 Å². The van der Waals surface area contributed by atoms with Gasteiger partial charge in [0.15, 0.2) is 0 Å². The maximum atomic E-state index is 11.6. The fourth-order valence-corrected chi connectivity index (χ4v) is 2.17. The number of nitrogens with two attached hydrogens (primary N) is 1. The minimum atomic E-state index is 0.0400. The second kappa shape index (κ2) is 7.07. The zero-order valence-corrected chi connectivity index (χ0v) is 10.9. The molecule has 18 heavy (non-hydrogen) atoms. The van der Waals surface area contributed by atoms with Crippen LogP contribution in [0.5, 0.6) is 0 Å². The van der Waals surface area contributed by atoms with Gasteiger partial charge in [-0.15, -0.1) is 0 Å². The summed E-state index contributed by atoms with van der Waals surface area (Å²) in [5.74, 6) is 0.668. The molecule has 1 amide bonds. The predicted molar refractivity (Wildman–Crippen MR) is 68.1 cm³/mol. The van der Waals surface area contributed by atoms with Gasteiger partial charge in [0.2, 0.25) is 5.91 Å². The maximum absolute atomic E-state index is 11.6. The summed E-state index contributed by atoms with van der Waals surface area (Å²) in [6.07, 6.45) is 4.99. The number of carbonyl (C=O) groups is 1. The Morgan fingerprint density at radius 1 is 1.33 bits per heavy atom. The van der Waals surface area contributed by atoms with E-state index < -0.39 is 0 Å². The van der Waals surface area contributed by atoms with Crippen LogP contribution in [0.15, 0.2) is 0 Å². The summed E-state index contributed by atoms with van der Waals surface area (Å²) >= 11 is 0. The molecule has 1 saturated heterocycles. The fourth-order valence-electron chi connectivity index (χ4n) is 2.17. The lowest BCUT2D eigenvalue weighted by Crippen LogP contribution is -2.39. The van der Waals surface area contributed by atoms with Gasteiger partial charge in [0.05, 0.1) is 12.7 Å². The van der Waals surface area contributed by atoms with Gasteiger partial charge in [-0.2, -0.15) is 0 Å². The van der Waals surface area contributed by atoms with Crippen molar-refractivity contribution < 1.29 is 14.3 Å². The zero-order chi connectivity index (χ0) is 12.8. The molecule has 5 heteroatoms. The second-order valence-corrected chi connectivity index (χ2v) is 5.24. The van der Waals surface area contributed by atoms with Crippen molar-refractivity contribution in [2.24, 2.45) is 11.7 Å². The Morgan fingerprint density at radius 3 is 2.72 bits per heavy atom. The Bertz CT molecular complexity index is 263. The predicted octanol–water partition coefficient (Wildman–Crippen LogP) is 0.426. The molecule has 1 unspecified atom stereocenters. The van der Waals surface area contributed by atoms with E-state index in [0.29, 0.717) is 25.5 Å². The Kier molecular flexibility index (Phi) is 5.41. The SMILES string of the molecule is NC(CNC(=O)CCOC1CCOCC1)C1CC1. The lowest BCUT2D eigenvalue weighted by Gasteiger charge is -2.22. The molecule has 0 spiro atoms. The molecule has 1 atom stereocenters. The van der Waals surface area contributed by atoms with Crippen LogP contribution >= 0.6 is 0 Å². The van der Waals surface area contributed by atoms with Crippen molar-refractivity contribution in [2.75, 3.05) is 26.4 Å². The van der Waals surface area contributed by atoms with Gasteiger partial charge in [0, 0.05) is 32.2 Å². The van der Waals surface area contributed by atoms with Crippen LogP contribution in [0.3, 0.4) is 0 Å². The minimum Gasteiger partial charge on any atom is -0.381 e. The molecule has 0 aromatic carbocycles. The molecule has 5 nitrogen and oxygen atoms in total. The molecule has 104 valence electrons. The number of nitrogens with one attached hydrogen (secondary N) is 1. The molecule has 1 saturated carbocycles. The first-order chi connectivity index (χ1) is 8.75. The molecule has 3 N–H and O–H groups in total. The highest BCUT2D eigenvalue weighted by molar-refractivity contribution is 5.75. The van der Waals surface area contributed by atoms with Gasteiger partial charge < -0.3 is 20.5 Å². The molecule has 1 heterocycles. The van der Waals surface area contributed by atoms with E-state index in [-0.39, 0.29) is 18.1 Å². The van der Waals surface area contributed by atoms with Crippen molar-refractivity contribution in [3.05, 3.63) is 0 Å². The minimum absolute atomic E-state index is 0.0400. The van der Waals surface area contributed by atoms with Gasteiger partial charge in [0.1, 0.15) is 0 Å². The Labute approximate surface area is 108 Å². The highest BCUT2D eigenvalue weighted by Crippen LogP contribution is 2.31. The maximum Gasteiger partial charge on any atom is 0.222 e. The lowest BCUT2D eigenvalue weighted by atomic mass is 10.1. The number of ether oxygens (including phenoxy) is 2. The molecule has 0 aromatic rings. The van der Waals surface area contributed by atoms with Gasteiger partial charge in [0.25, 0.3) is 0 Å². The third-order valence-electron chi connectivity index (χ3n) is 3.61. The first kappa shape index (κ1) is 13.8. The summed E-state index contributed by atoms with van der Waals surface area (Å²) in [4.78, 5) is 11.6. The van der Waals surface area contributed by atoms with E-state index in [0.717, 1.165) is 26.1 Å². The zero-order valence-electron chi connectivity index (χ0n) is 10.9. The molecular formula is C13H24N2O3. The van der Waals surface area contributed by atoms with Crippen molar-refractivity contribution in [2.45, 2.75) is 44.2 Å². The fraction of sp³-hybridized carbons (Fsp3) is 0.923. The third kappa shape index (κ3) is 4.92. The summed E-state index contributed by atoms with van der Waals surface area (Å²) in [6, 6.07) is 0.130. The van der Waals surface area contributed by atoms with E-state index >= 15 is 0 Å². The van der Waals surface area contributed by atoms with Gasteiger partial charge in [-0.1, -0.05) is 0 Å². The Balaban J connectivity index is 1.48. The van der Waals surface area contributed by atoms with E-state index in [2.05, 4.69) is 5.32 Å². The summed E-state index contributed by atoms with van der Waals surface area (Å²) in [5.41, 5.74) is 5.91. The molecule has 1 aliphatic heterocycles. The van der Waals surface area contributed by atoms with E-state index in [9.17, 15) is 4.79 Å². The highest BCUT2D eigenvalue weighted by atomic mass is 16.5. The number of hydrogen-bond acceptors (Lipinski definition) is 4. The van der Waals surface area contributed by atoms with E-state index in [1.165, 1.54) is 12.8 Å². The van der Waals surface area contributed by atoms with Gasteiger partial charge >= 0.3 is 0 Å². The van der Waals surface area contributed by atoms with E-state index in [1.807, 2.05) is 0 Å². The van der Waals surface area contributed by atoms with Crippen LogP contribution in [0.2, 0.25) is 0 Å². The number of hydrogen-bond donors (Lipinski definition) is 2. The van der Waals surface area contributed by atoms with Crippen LogP contribution in [0.1, 0.15) is 32.1 Å². The monoisotopic (exact) mass is 256 g/mol. The molecule has 0 radical (unpaired) electrons. The Morgan fingerprint density at radius 2 is 2.06 bits per heavy atom. The lowest BCUT2D eigenvalue weighted by molar-refractivity contribution is -0.123. The normalized spacial score (nSPS) is 22.7. The van der Waals surface area contributed by atoms with Gasteiger partial charge in [-0.05, 0) is 31.6 Å². The molecular weight excluding hydrogens is 232 g/mol. The van der Waals surface area contributed by atoms with Gasteiger partial charge in [-0.25, -0.2) is 0 Å². The highest BCUT2D eigenvalue weighted by Gasteiger charge is 2.28. The molecule has 2 fully saturated rings. The van der Waals surface area contributed by atoms with Crippen LogP contribution < -0.4 is 11.1 Å². The molecule has 2 aliphatic rings. The quantitative estimate of drug-likeness (QED) is 0.692. The van der Waals surface area contributed by atoms with Crippen molar-refractivity contribution in [1.29, 1.82) is 0 Å². The van der Waals surface area contributed by atoms with Crippen molar-refractivity contribution in [3.63, 3.8) is 0 Å². The standard InChI is InChI=1S/C13H24N2O3/c14-12(10-1-2-10)9-15-13(16)5-8-18-11-3-6-17-7-4-11/h10-12H,1-9,14H2,(H,15,16). The molecule has 2 rings (SSSR count). The first-order valence-corrected chi connectivity index (χ1v) is 6.97. The van der Waals surface area contributed by atoms with Crippen molar-refractivity contribution >= 4 is 5.91 Å². The molecule has 0 aromatic heterocycles. The molecule has 0 bridgehead atoms. The average molecular weight is 256 g/mol. The van der Waals surface area contributed by atoms with Crippen molar-refractivity contribution in [1.82, 2.24) is 5.32 Å². The first-order valence-electron chi connectivity index (χ1n) is 6.97. The van der Waals surface area contributed by atoms with Gasteiger partial charge in [-0.3, -0.25) is 4.79 Å². The molecule has 1 aliphatic carbocycles. The summed E-state index contributed by atoms with van der Waals surface area (Å²) < 4.78 is 10.9. The van der Waals surface area contributed by atoms with Crippen LogP contribution in [0.4, 0.5) is 0 Å². The van der Waals surface area contributed by atoms with Crippen molar-refractivity contribution in [3.8, 4) is 0 Å². The summed E-state index contributed by atoms with van der Waals surface area (Å²) in [7, 11) is 0. The van der Waals surface area contributed by atoms with Crippen LogP contribution in [-0.2, 0) is 14.3 Å². The summed E-state index contributed by atoms with van der Waals surface area (Å²) in [5, 5.41) is 2.87. The number of rotatable bonds is 7. The topological polar surface area (TPSA) is 73.6 Å². The number of amides is 1. The largest absolute Gasteiger partial charge is 0.381 e. The van der Waals surface area contributed by atoms with E-state index in [4.69, 9.17) is 15.2 Å². The third-order valence-corrected chi connectivity index (χ3v) is 3.61. The average Bonchev–Trinajstić information content (AvgIpc) is 3.21. The Hall–Kier alpha value is -0.650. The van der Waals surface area contributed by atoms with Crippen LogP contribution in [-0.4, -0.2) is 44.4 Å². The van der Waals surface area contributed by atoms with Crippen LogP contribution in [0, 0.1) is 5.92 Å². The van der Waals surface area contributed by atoms with Crippen LogP contribution in [0.25, 0.3) is 0 Å².